The summed E-state index contributed by atoms with van der Waals surface area (Å²) in [4.78, 5) is 1.24. The molecule has 2 aromatic carbocycles. The van der Waals surface area contributed by atoms with Crippen LogP contribution >= 0.6 is 35.0 Å². The van der Waals surface area contributed by atoms with Gasteiger partial charge in [0.15, 0.2) is 0 Å². The third-order valence-corrected chi connectivity index (χ3v) is 6.79. The summed E-state index contributed by atoms with van der Waals surface area (Å²) >= 11 is 13.5. The molecule has 0 aliphatic carbocycles. The van der Waals surface area contributed by atoms with Gasteiger partial charge >= 0.3 is 0 Å². The average molecular weight is 374 g/mol. The van der Waals surface area contributed by atoms with Gasteiger partial charge in [0.2, 0.25) is 10.0 Å². The molecule has 1 aliphatic rings. The molecule has 3 nitrogen and oxygen atoms in total. The first-order chi connectivity index (χ1) is 10.5. The van der Waals surface area contributed by atoms with E-state index in [1.54, 1.807) is 11.8 Å². The maximum absolute atomic E-state index is 12.6. The van der Waals surface area contributed by atoms with Crippen molar-refractivity contribution in [1.29, 1.82) is 0 Å². The van der Waals surface area contributed by atoms with E-state index in [9.17, 15) is 8.42 Å². The number of hydrogen-bond donors (Lipinski definition) is 1. The molecule has 2 aromatic rings. The van der Waals surface area contributed by atoms with Gasteiger partial charge in [-0.3, -0.25) is 0 Å². The van der Waals surface area contributed by atoms with E-state index in [1.165, 1.54) is 18.2 Å². The molecule has 0 bridgehead atoms. The molecule has 0 amide bonds. The highest BCUT2D eigenvalue weighted by Gasteiger charge is 2.26. The van der Waals surface area contributed by atoms with Crippen molar-refractivity contribution in [3.05, 3.63) is 58.1 Å². The Morgan fingerprint density at radius 2 is 1.86 bits per heavy atom. The number of benzene rings is 2. The standard InChI is InChI=1S/C15H13Cl2NO2S2/c16-12-6-5-10(9-13(12)17)22(19,20)18-14-7-8-21-15-4-2-1-3-11(14)15/h1-6,9,14,18H,7-8H2. The number of rotatable bonds is 3. The lowest BCUT2D eigenvalue weighted by molar-refractivity contribution is 0.546. The quantitative estimate of drug-likeness (QED) is 0.860. The molecule has 7 heteroatoms. The van der Waals surface area contributed by atoms with Crippen molar-refractivity contribution >= 4 is 45.0 Å². The van der Waals surface area contributed by atoms with Crippen LogP contribution < -0.4 is 4.72 Å². The van der Waals surface area contributed by atoms with Crippen molar-refractivity contribution in [2.24, 2.45) is 0 Å². The fraction of sp³-hybridized carbons (Fsp3) is 0.200. The van der Waals surface area contributed by atoms with Crippen molar-refractivity contribution in [2.45, 2.75) is 22.3 Å². The van der Waals surface area contributed by atoms with Gasteiger partial charge in [0.1, 0.15) is 0 Å². The van der Waals surface area contributed by atoms with Gasteiger partial charge in [-0.15, -0.1) is 11.8 Å². The molecule has 1 N–H and O–H groups in total. The van der Waals surface area contributed by atoms with Crippen LogP contribution in [-0.2, 0) is 10.0 Å². The largest absolute Gasteiger partial charge is 0.241 e. The monoisotopic (exact) mass is 373 g/mol. The second-order valence-electron chi connectivity index (χ2n) is 4.92. The first kappa shape index (κ1) is 16.1. The zero-order chi connectivity index (χ0) is 15.7. The van der Waals surface area contributed by atoms with E-state index in [0.717, 1.165) is 22.6 Å². The molecule has 1 heterocycles. The van der Waals surface area contributed by atoms with Crippen LogP contribution in [-0.4, -0.2) is 14.2 Å². The molecule has 1 unspecified atom stereocenters. The number of sulfonamides is 1. The van der Waals surface area contributed by atoms with Crippen molar-refractivity contribution in [3.8, 4) is 0 Å². The van der Waals surface area contributed by atoms with Crippen molar-refractivity contribution in [1.82, 2.24) is 4.72 Å². The Morgan fingerprint density at radius 3 is 2.64 bits per heavy atom. The first-order valence-electron chi connectivity index (χ1n) is 6.66. The first-order valence-corrected chi connectivity index (χ1v) is 9.89. The predicted octanol–water partition coefficient (Wildman–Crippen LogP) is 4.51. The van der Waals surface area contributed by atoms with Gasteiger partial charge in [0, 0.05) is 10.9 Å². The normalized spacial score (nSPS) is 18.0. The molecular formula is C15H13Cl2NO2S2. The zero-order valence-electron chi connectivity index (χ0n) is 11.4. The zero-order valence-corrected chi connectivity index (χ0v) is 14.6. The minimum absolute atomic E-state index is 0.123. The van der Waals surface area contributed by atoms with Crippen LogP contribution in [0.25, 0.3) is 0 Å². The van der Waals surface area contributed by atoms with Gasteiger partial charge in [0.25, 0.3) is 0 Å². The van der Waals surface area contributed by atoms with Crippen LogP contribution in [0.4, 0.5) is 0 Å². The summed E-state index contributed by atoms with van der Waals surface area (Å²) in [5, 5.41) is 0.559. The van der Waals surface area contributed by atoms with Gasteiger partial charge in [-0.05, 0) is 42.0 Å². The lowest BCUT2D eigenvalue weighted by Gasteiger charge is -2.25. The summed E-state index contributed by atoms with van der Waals surface area (Å²) in [7, 11) is -3.64. The summed E-state index contributed by atoms with van der Waals surface area (Å²) in [5.41, 5.74) is 1.02. The number of nitrogens with one attached hydrogen (secondary N) is 1. The molecule has 0 spiro atoms. The molecule has 116 valence electrons. The van der Waals surface area contributed by atoms with Crippen LogP contribution in [0.1, 0.15) is 18.0 Å². The molecule has 0 fully saturated rings. The Bertz CT molecular complexity index is 809. The average Bonchev–Trinajstić information content (AvgIpc) is 2.50. The van der Waals surface area contributed by atoms with Crippen LogP contribution in [0.15, 0.2) is 52.3 Å². The van der Waals surface area contributed by atoms with E-state index < -0.39 is 10.0 Å². The lowest BCUT2D eigenvalue weighted by Crippen LogP contribution is -2.30. The molecule has 0 saturated heterocycles. The topological polar surface area (TPSA) is 46.2 Å². The van der Waals surface area contributed by atoms with E-state index in [4.69, 9.17) is 23.2 Å². The fourth-order valence-electron chi connectivity index (χ4n) is 2.36. The van der Waals surface area contributed by atoms with Crippen LogP contribution in [0.2, 0.25) is 10.0 Å². The smallest absolute Gasteiger partial charge is 0.207 e. The highest BCUT2D eigenvalue weighted by Crippen LogP contribution is 2.36. The Hall–Kier alpha value is -0.720. The molecule has 1 atom stereocenters. The maximum atomic E-state index is 12.6. The molecule has 0 saturated carbocycles. The van der Waals surface area contributed by atoms with E-state index in [0.29, 0.717) is 5.02 Å². The second kappa shape index (κ2) is 6.42. The highest BCUT2D eigenvalue weighted by molar-refractivity contribution is 7.99. The lowest BCUT2D eigenvalue weighted by atomic mass is 10.1. The number of thioether (sulfide) groups is 1. The van der Waals surface area contributed by atoms with Gasteiger partial charge in [-0.25, -0.2) is 13.1 Å². The molecule has 22 heavy (non-hydrogen) atoms. The summed E-state index contributed by atoms with van der Waals surface area (Å²) < 4.78 is 27.9. The van der Waals surface area contributed by atoms with Crippen molar-refractivity contribution < 1.29 is 8.42 Å². The SMILES string of the molecule is O=S(=O)(NC1CCSc2ccccc21)c1ccc(Cl)c(Cl)c1. The van der Waals surface area contributed by atoms with Gasteiger partial charge in [-0.1, -0.05) is 41.4 Å². The highest BCUT2D eigenvalue weighted by atomic mass is 35.5. The van der Waals surface area contributed by atoms with E-state index in [2.05, 4.69) is 4.72 Å². The van der Waals surface area contributed by atoms with Crippen LogP contribution in [0.5, 0.6) is 0 Å². The van der Waals surface area contributed by atoms with E-state index in [1.807, 2.05) is 24.3 Å². The Balaban J connectivity index is 1.91. The van der Waals surface area contributed by atoms with Crippen molar-refractivity contribution in [2.75, 3.05) is 5.75 Å². The Kier molecular flexibility index (Phi) is 4.71. The van der Waals surface area contributed by atoms with Gasteiger partial charge in [-0.2, -0.15) is 0 Å². The summed E-state index contributed by atoms with van der Waals surface area (Å²) in [5.74, 6) is 0.881. The van der Waals surface area contributed by atoms with Crippen LogP contribution in [0, 0.1) is 0 Å². The number of halogens is 2. The van der Waals surface area contributed by atoms with Gasteiger partial charge < -0.3 is 0 Å². The fourth-order valence-corrected chi connectivity index (χ4v) is 5.13. The van der Waals surface area contributed by atoms with E-state index >= 15 is 0 Å². The third-order valence-electron chi connectivity index (χ3n) is 3.46. The molecule has 1 aliphatic heterocycles. The molecule has 0 aromatic heterocycles. The van der Waals surface area contributed by atoms with Crippen LogP contribution in [0.3, 0.4) is 0 Å². The summed E-state index contributed by atoms with van der Waals surface area (Å²) in [6, 6.07) is 12.0. The minimum Gasteiger partial charge on any atom is -0.207 e. The number of hydrogen-bond acceptors (Lipinski definition) is 3. The maximum Gasteiger partial charge on any atom is 0.241 e. The van der Waals surface area contributed by atoms with E-state index in [-0.39, 0.29) is 16.0 Å². The Morgan fingerprint density at radius 1 is 1.09 bits per heavy atom. The molecule has 3 rings (SSSR count). The van der Waals surface area contributed by atoms with Crippen molar-refractivity contribution in [3.63, 3.8) is 0 Å². The predicted molar refractivity (Wildman–Crippen MR) is 91.3 cm³/mol. The molecule has 0 radical (unpaired) electrons. The third kappa shape index (κ3) is 3.29. The second-order valence-corrected chi connectivity index (χ2v) is 8.59. The number of fused-ring (bicyclic) bond motifs is 1. The summed E-state index contributed by atoms with van der Waals surface area (Å²) in [6.07, 6.45) is 0.752. The minimum atomic E-state index is -3.64. The van der Waals surface area contributed by atoms with Gasteiger partial charge in [0.05, 0.1) is 14.9 Å². The summed E-state index contributed by atoms with van der Waals surface area (Å²) in [6.45, 7) is 0. The molecular weight excluding hydrogens is 361 g/mol. The Labute approximate surface area is 144 Å².